The standard InChI is InChI=1S/C15H12ClFN2OS/c1-7(16)13-18-14(20)12-11(8(2)21-15(12)19-13)9-4-3-5-10(17)6-9/h3-7H,1-2H3,(H,18,19,20). The smallest absolute Gasteiger partial charge is 0.260 e. The number of rotatable bonds is 2. The summed E-state index contributed by atoms with van der Waals surface area (Å²) < 4.78 is 13.4. The number of fused-ring (bicyclic) bond motifs is 1. The molecule has 0 aliphatic rings. The van der Waals surface area contributed by atoms with Crippen LogP contribution in [0.3, 0.4) is 0 Å². The highest BCUT2D eigenvalue weighted by Crippen LogP contribution is 2.36. The molecule has 0 bridgehead atoms. The molecule has 2 heterocycles. The minimum absolute atomic E-state index is 0.244. The number of aromatic nitrogens is 2. The van der Waals surface area contributed by atoms with E-state index in [1.165, 1.54) is 23.5 Å². The summed E-state index contributed by atoms with van der Waals surface area (Å²) in [4.78, 5) is 21.0. The number of thiophene rings is 1. The van der Waals surface area contributed by atoms with Gasteiger partial charge in [-0.1, -0.05) is 12.1 Å². The highest BCUT2D eigenvalue weighted by atomic mass is 35.5. The second-order valence-electron chi connectivity index (χ2n) is 4.79. The van der Waals surface area contributed by atoms with Crippen LogP contribution in [-0.2, 0) is 0 Å². The zero-order valence-electron chi connectivity index (χ0n) is 11.4. The fourth-order valence-electron chi connectivity index (χ4n) is 2.32. The molecule has 0 aliphatic heterocycles. The maximum Gasteiger partial charge on any atom is 0.260 e. The third-order valence-electron chi connectivity index (χ3n) is 3.25. The number of hydrogen-bond donors (Lipinski definition) is 1. The van der Waals surface area contributed by atoms with Crippen LogP contribution in [0.5, 0.6) is 0 Å². The summed E-state index contributed by atoms with van der Waals surface area (Å²) in [5.74, 6) is 0.114. The Morgan fingerprint density at radius 1 is 1.43 bits per heavy atom. The summed E-state index contributed by atoms with van der Waals surface area (Å²) in [7, 11) is 0. The predicted octanol–water partition coefficient (Wildman–Crippen LogP) is 4.40. The molecule has 1 unspecified atom stereocenters. The van der Waals surface area contributed by atoms with Gasteiger partial charge in [0, 0.05) is 10.4 Å². The lowest BCUT2D eigenvalue weighted by atomic mass is 10.0. The highest BCUT2D eigenvalue weighted by Gasteiger charge is 2.18. The number of benzene rings is 1. The maximum absolute atomic E-state index is 13.4. The van der Waals surface area contributed by atoms with Crippen molar-refractivity contribution >= 4 is 33.2 Å². The number of nitrogens with zero attached hydrogens (tertiary/aromatic N) is 1. The third kappa shape index (κ3) is 2.47. The summed E-state index contributed by atoms with van der Waals surface area (Å²) in [6, 6.07) is 6.22. The first-order valence-corrected chi connectivity index (χ1v) is 7.66. The molecule has 0 saturated heterocycles. The second-order valence-corrected chi connectivity index (χ2v) is 6.65. The normalized spacial score (nSPS) is 12.8. The van der Waals surface area contributed by atoms with Gasteiger partial charge in [0.25, 0.3) is 5.56 Å². The molecule has 1 atom stereocenters. The van der Waals surface area contributed by atoms with Crippen LogP contribution < -0.4 is 5.56 Å². The van der Waals surface area contributed by atoms with Crippen LogP contribution in [0.2, 0.25) is 0 Å². The number of aromatic amines is 1. The van der Waals surface area contributed by atoms with Crippen molar-refractivity contribution < 1.29 is 4.39 Å². The van der Waals surface area contributed by atoms with Crippen LogP contribution in [0.1, 0.15) is 23.0 Å². The van der Waals surface area contributed by atoms with Crippen LogP contribution >= 0.6 is 22.9 Å². The molecule has 0 saturated carbocycles. The first-order chi connectivity index (χ1) is 9.97. The van der Waals surface area contributed by atoms with Crippen molar-refractivity contribution in [1.82, 2.24) is 9.97 Å². The van der Waals surface area contributed by atoms with E-state index in [1.54, 1.807) is 19.1 Å². The summed E-state index contributed by atoms with van der Waals surface area (Å²) in [5, 5.41) is 0.117. The van der Waals surface area contributed by atoms with Gasteiger partial charge in [-0.15, -0.1) is 22.9 Å². The van der Waals surface area contributed by atoms with Crippen molar-refractivity contribution in [2.75, 3.05) is 0 Å². The number of nitrogens with one attached hydrogen (secondary N) is 1. The van der Waals surface area contributed by atoms with Crippen LogP contribution in [-0.4, -0.2) is 9.97 Å². The molecular weight excluding hydrogens is 311 g/mol. The van der Waals surface area contributed by atoms with Gasteiger partial charge in [0.05, 0.1) is 10.8 Å². The Kier molecular flexibility index (Phi) is 3.55. The Hall–Kier alpha value is -1.72. The zero-order chi connectivity index (χ0) is 15.1. The van der Waals surface area contributed by atoms with E-state index in [9.17, 15) is 9.18 Å². The van der Waals surface area contributed by atoms with E-state index in [0.717, 1.165) is 10.4 Å². The number of H-pyrrole nitrogens is 1. The second kappa shape index (κ2) is 5.24. The van der Waals surface area contributed by atoms with Gasteiger partial charge in [-0.25, -0.2) is 9.37 Å². The van der Waals surface area contributed by atoms with Crippen LogP contribution in [0.15, 0.2) is 29.1 Å². The molecule has 108 valence electrons. The van der Waals surface area contributed by atoms with Crippen molar-refractivity contribution in [3.63, 3.8) is 0 Å². The Labute approximate surface area is 129 Å². The summed E-state index contributed by atoms with van der Waals surface area (Å²) in [6.07, 6.45) is 0. The molecule has 1 N–H and O–H groups in total. The average Bonchev–Trinajstić information content (AvgIpc) is 2.75. The molecule has 1 aromatic carbocycles. The van der Waals surface area contributed by atoms with E-state index in [0.29, 0.717) is 21.6 Å². The zero-order valence-corrected chi connectivity index (χ0v) is 13.0. The molecular formula is C15H12ClFN2OS. The summed E-state index contributed by atoms with van der Waals surface area (Å²) >= 11 is 7.40. The monoisotopic (exact) mass is 322 g/mol. The lowest BCUT2D eigenvalue weighted by molar-refractivity contribution is 0.628. The van der Waals surface area contributed by atoms with Gasteiger partial charge in [-0.3, -0.25) is 4.79 Å². The number of alkyl halides is 1. The van der Waals surface area contributed by atoms with Gasteiger partial charge in [-0.2, -0.15) is 0 Å². The number of hydrogen-bond acceptors (Lipinski definition) is 3. The molecule has 3 nitrogen and oxygen atoms in total. The fourth-order valence-corrected chi connectivity index (χ4v) is 3.47. The number of aryl methyl sites for hydroxylation is 1. The fraction of sp³-hybridized carbons (Fsp3) is 0.200. The van der Waals surface area contributed by atoms with Crippen LogP contribution in [0, 0.1) is 12.7 Å². The lowest BCUT2D eigenvalue weighted by Crippen LogP contribution is -2.11. The van der Waals surface area contributed by atoms with Crippen molar-refractivity contribution in [3.05, 3.63) is 51.1 Å². The molecule has 3 rings (SSSR count). The van der Waals surface area contributed by atoms with Crippen molar-refractivity contribution in [2.24, 2.45) is 0 Å². The molecule has 0 amide bonds. The van der Waals surface area contributed by atoms with E-state index in [4.69, 9.17) is 11.6 Å². The quantitative estimate of drug-likeness (QED) is 0.711. The van der Waals surface area contributed by atoms with Crippen LogP contribution in [0.4, 0.5) is 4.39 Å². The van der Waals surface area contributed by atoms with Gasteiger partial charge >= 0.3 is 0 Å². The van der Waals surface area contributed by atoms with Gasteiger partial charge in [0.1, 0.15) is 16.5 Å². The van der Waals surface area contributed by atoms with E-state index in [-0.39, 0.29) is 16.8 Å². The molecule has 0 fully saturated rings. The molecule has 6 heteroatoms. The molecule has 21 heavy (non-hydrogen) atoms. The third-order valence-corrected chi connectivity index (χ3v) is 4.45. The Morgan fingerprint density at radius 3 is 2.86 bits per heavy atom. The minimum atomic E-state index is -0.373. The molecule has 0 aliphatic carbocycles. The highest BCUT2D eigenvalue weighted by molar-refractivity contribution is 7.19. The minimum Gasteiger partial charge on any atom is -0.309 e. The summed E-state index contributed by atoms with van der Waals surface area (Å²) in [6.45, 7) is 3.65. The molecule has 2 aromatic heterocycles. The topological polar surface area (TPSA) is 45.8 Å². The molecule has 0 radical (unpaired) electrons. The van der Waals surface area contributed by atoms with Gasteiger partial charge < -0.3 is 4.98 Å². The maximum atomic E-state index is 13.4. The average molecular weight is 323 g/mol. The van der Waals surface area contributed by atoms with Gasteiger partial charge in [-0.05, 0) is 31.5 Å². The van der Waals surface area contributed by atoms with E-state index in [1.807, 2.05) is 6.92 Å². The van der Waals surface area contributed by atoms with Crippen molar-refractivity contribution in [1.29, 1.82) is 0 Å². The Morgan fingerprint density at radius 2 is 2.19 bits per heavy atom. The Bertz CT molecular complexity index is 885. The number of halogens is 2. The van der Waals surface area contributed by atoms with Crippen molar-refractivity contribution in [3.8, 4) is 11.1 Å². The van der Waals surface area contributed by atoms with Crippen molar-refractivity contribution in [2.45, 2.75) is 19.2 Å². The predicted molar refractivity (Wildman–Crippen MR) is 84.6 cm³/mol. The van der Waals surface area contributed by atoms with E-state index < -0.39 is 0 Å². The van der Waals surface area contributed by atoms with Crippen LogP contribution in [0.25, 0.3) is 21.3 Å². The van der Waals surface area contributed by atoms with E-state index >= 15 is 0 Å². The first kappa shape index (κ1) is 14.2. The Balaban J connectivity index is 2.34. The summed E-state index contributed by atoms with van der Waals surface area (Å²) in [5.41, 5.74) is 1.17. The molecule has 3 aromatic rings. The largest absolute Gasteiger partial charge is 0.309 e. The first-order valence-electron chi connectivity index (χ1n) is 6.40. The lowest BCUT2D eigenvalue weighted by Gasteiger charge is -2.04. The van der Waals surface area contributed by atoms with Gasteiger partial charge in [0.15, 0.2) is 0 Å². The SMILES string of the molecule is Cc1sc2nc(C(C)Cl)[nH]c(=O)c2c1-c1cccc(F)c1. The molecule has 0 spiro atoms. The van der Waals surface area contributed by atoms with E-state index in [2.05, 4.69) is 9.97 Å². The van der Waals surface area contributed by atoms with Gasteiger partial charge in [0.2, 0.25) is 0 Å².